The maximum atomic E-state index is 11.2. The monoisotopic (exact) mass is 202 g/mol. The van der Waals surface area contributed by atoms with E-state index < -0.39 is 0 Å². The number of hydrogen-bond acceptors (Lipinski definition) is 4. The quantitative estimate of drug-likeness (QED) is 0.646. The van der Waals surface area contributed by atoms with Gasteiger partial charge in [-0.3, -0.25) is 4.79 Å². The van der Waals surface area contributed by atoms with Gasteiger partial charge in [0.05, 0.1) is 13.5 Å². The first kappa shape index (κ1) is 10.1. The Morgan fingerprint density at radius 3 is 2.92 bits per heavy atom. The number of rotatable bonds is 5. The van der Waals surface area contributed by atoms with Crippen LogP contribution in [0, 0.1) is 0 Å². The fraction of sp³-hybridized carbons (Fsp3) is 0.714. The summed E-state index contributed by atoms with van der Waals surface area (Å²) in [6, 6.07) is 0. The molecule has 0 bridgehead atoms. The van der Waals surface area contributed by atoms with Gasteiger partial charge in [0.2, 0.25) is 0 Å². The second-order valence-corrected chi connectivity index (χ2v) is 3.08. The molecule has 1 aromatic rings. The molecule has 0 amide bonds. The Labute approximate surface area is 81.1 Å². The highest BCUT2D eigenvalue weighted by molar-refractivity contribution is 6.17. The maximum Gasteiger partial charge on any atom is 0.182 e. The summed E-state index contributed by atoms with van der Waals surface area (Å²) in [5, 5.41) is 11.2. The first-order valence-electron chi connectivity index (χ1n) is 4.03. The van der Waals surface area contributed by atoms with Crippen LogP contribution in [0.3, 0.4) is 0 Å². The number of nitrogens with zero attached hydrogens (tertiary/aromatic N) is 4. The number of carbonyl (C=O) groups is 1. The smallest absolute Gasteiger partial charge is 0.182 e. The molecule has 0 aromatic carbocycles. The van der Waals surface area contributed by atoms with Crippen LogP contribution < -0.4 is 0 Å². The third kappa shape index (κ3) is 3.50. The van der Waals surface area contributed by atoms with Crippen LogP contribution in [0.2, 0.25) is 0 Å². The summed E-state index contributed by atoms with van der Waals surface area (Å²) >= 11 is 5.45. The van der Waals surface area contributed by atoms with Gasteiger partial charge in [-0.15, -0.1) is 21.8 Å². The molecule has 6 heteroatoms. The van der Waals surface area contributed by atoms with Gasteiger partial charge >= 0.3 is 0 Å². The van der Waals surface area contributed by atoms with E-state index in [1.165, 1.54) is 4.80 Å². The number of halogens is 1. The van der Waals surface area contributed by atoms with E-state index in [1.807, 2.05) is 0 Å². The van der Waals surface area contributed by atoms with Gasteiger partial charge in [0.25, 0.3) is 0 Å². The zero-order chi connectivity index (χ0) is 9.68. The fourth-order valence-corrected chi connectivity index (χ4v) is 1.06. The predicted molar refractivity (Wildman–Crippen MR) is 47.5 cm³/mol. The Balaban J connectivity index is 2.36. The van der Waals surface area contributed by atoms with E-state index in [-0.39, 0.29) is 12.2 Å². The van der Waals surface area contributed by atoms with Gasteiger partial charge in [0.15, 0.2) is 5.82 Å². The van der Waals surface area contributed by atoms with Gasteiger partial charge in [0, 0.05) is 12.3 Å². The van der Waals surface area contributed by atoms with E-state index in [1.54, 1.807) is 7.05 Å². The summed E-state index contributed by atoms with van der Waals surface area (Å²) in [5.74, 6) is 1.09. The minimum absolute atomic E-state index is 0.105. The first-order chi connectivity index (χ1) is 6.22. The molecule has 1 aromatic heterocycles. The lowest BCUT2D eigenvalue weighted by atomic mass is 10.2. The molecule has 0 fully saturated rings. The number of ketones is 1. The van der Waals surface area contributed by atoms with Crippen LogP contribution in [-0.4, -0.2) is 31.9 Å². The number of carbonyl (C=O) groups excluding carboxylic acids is 1. The molecular weight excluding hydrogens is 192 g/mol. The van der Waals surface area contributed by atoms with E-state index in [2.05, 4.69) is 15.4 Å². The molecule has 0 atom stereocenters. The largest absolute Gasteiger partial charge is 0.299 e. The Bertz CT molecular complexity index is 286. The Morgan fingerprint density at radius 2 is 2.38 bits per heavy atom. The molecule has 13 heavy (non-hydrogen) atoms. The van der Waals surface area contributed by atoms with Crippen LogP contribution in [0.15, 0.2) is 0 Å². The molecule has 72 valence electrons. The summed E-state index contributed by atoms with van der Waals surface area (Å²) in [6.07, 6.45) is 1.45. The number of tetrazole rings is 1. The molecule has 0 saturated carbocycles. The normalized spacial score (nSPS) is 10.3. The lowest BCUT2D eigenvalue weighted by Gasteiger charge is -1.93. The van der Waals surface area contributed by atoms with Gasteiger partial charge in [-0.1, -0.05) is 0 Å². The summed E-state index contributed by atoms with van der Waals surface area (Å²) in [4.78, 5) is 12.5. The SMILES string of the molecule is Cn1nnc(CC(=O)CCCCl)n1. The Kier molecular flexibility index (Phi) is 3.82. The molecule has 0 unspecified atom stereocenters. The predicted octanol–water partition coefficient (Wildman–Crippen LogP) is 0.341. The van der Waals surface area contributed by atoms with Crippen molar-refractivity contribution in [3.05, 3.63) is 5.82 Å². The molecule has 0 aliphatic carbocycles. The van der Waals surface area contributed by atoms with Gasteiger partial charge in [-0.05, 0) is 11.6 Å². The average Bonchev–Trinajstić information content (AvgIpc) is 2.48. The second kappa shape index (κ2) is 4.91. The van der Waals surface area contributed by atoms with Gasteiger partial charge < -0.3 is 0 Å². The van der Waals surface area contributed by atoms with Crippen molar-refractivity contribution in [3.8, 4) is 0 Å². The van der Waals surface area contributed by atoms with E-state index in [0.717, 1.165) is 0 Å². The number of aromatic nitrogens is 4. The molecule has 0 radical (unpaired) electrons. The van der Waals surface area contributed by atoms with Gasteiger partial charge in [0.1, 0.15) is 5.78 Å². The summed E-state index contributed by atoms with van der Waals surface area (Å²) in [7, 11) is 1.67. The lowest BCUT2D eigenvalue weighted by Crippen LogP contribution is -2.04. The van der Waals surface area contributed by atoms with Crippen molar-refractivity contribution in [1.29, 1.82) is 0 Å². The number of aryl methyl sites for hydroxylation is 1. The van der Waals surface area contributed by atoms with Crippen molar-refractivity contribution < 1.29 is 4.79 Å². The molecular formula is C7H11ClN4O. The number of Topliss-reactive ketones (excluding diaryl/α,β-unsaturated/α-hetero) is 1. The topological polar surface area (TPSA) is 60.7 Å². The van der Waals surface area contributed by atoms with Crippen molar-refractivity contribution in [1.82, 2.24) is 20.2 Å². The van der Waals surface area contributed by atoms with E-state index >= 15 is 0 Å². The van der Waals surface area contributed by atoms with Crippen LogP contribution in [-0.2, 0) is 18.3 Å². The maximum absolute atomic E-state index is 11.2. The fourth-order valence-electron chi connectivity index (χ4n) is 0.923. The summed E-state index contributed by atoms with van der Waals surface area (Å²) < 4.78 is 0. The minimum Gasteiger partial charge on any atom is -0.299 e. The number of alkyl halides is 1. The Hall–Kier alpha value is -0.970. The molecule has 0 N–H and O–H groups in total. The Morgan fingerprint density at radius 1 is 1.62 bits per heavy atom. The van der Waals surface area contributed by atoms with Gasteiger partial charge in [-0.2, -0.15) is 4.80 Å². The summed E-state index contributed by atoms with van der Waals surface area (Å²) in [5.41, 5.74) is 0. The first-order valence-corrected chi connectivity index (χ1v) is 4.56. The molecule has 0 aliphatic heterocycles. The van der Waals surface area contributed by atoms with Gasteiger partial charge in [-0.25, -0.2) is 0 Å². The van der Waals surface area contributed by atoms with Crippen molar-refractivity contribution in [2.24, 2.45) is 7.05 Å². The van der Waals surface area contributed by atoms with E-state index in [9.17, 15) is 4.79 Å². The van der Waals surface area contributed by atoms with Crippen LogP contribution in [0.5, 0.6) is 0 Å². The van der Waals surface area contributed by atoms with Crippen LogP contribution in [0.25, 0.3) is 0 Å². The molecule has 0 spiro atoms. The highest BCUT2D eigenvalue weighted by Gasteiger charge is 2.07. The standard InChI is InChI=1S/C7H11ClN4O/c1-12-10-7(9-11-12)5-6(13)3-2-4-8/h2-5H2,1H3. The molecule has 1 heterocycles. The van der Waals surface area contributed by atoms with E-state index in [0.29, 0.717) is 24.5 Å². The van der Waals surface area contributed by atoms with Crippen LogP contribution in [0.1, 0.15) is 18.7 Å². The number of hydrogen-bond donors (Lipinski definition) is 0. The average molecular weight is 203 g/mol. The molecule has 5 nitrogen and oxygen atoms in total. The van der Waals surface area contributed by atoms with E-state index in [4.69, 9.17) is 11.6 Å². The van der Waals surface area contributed by atoms with Crippen LogP contribution >= 0.6 is 11.6 Å². The third-order valence-corrected chi connectivity index (χ3v) is 1.76. The molecule has 1 rings (SSSR count). The lowest BCUT2D eigenvalue weighted by molar-refractivity contribution is -0.118. The summed E-state index contributed by atoms with van der Waals surface area (Å²) in [6.45, 7) is 0. The van der Waals surface area contributed by atoms with Crippen molar-refractivity contribution in [2.75, 3.05) is 5.88 Å². The zero-order valence-corrected chi connectivity index (χ0v) is 8.16. The van der Waals surface area contributed by atoms with Crippen molar-refractivity contribution in [3.63, 3.8) is 0 Å². The molecule has 0 saturated heterocycles. The second-order valence-electron chi connectivity index (χ2n) is 2.70. The zero-order valence-electron chi connectivity index (χ0n) is 7.40. The third-order valence-electron chi connectivity index (χ3n) is 1.49. The highest BCUT2D eigenvalue weighted by Crippen LogP contribution is 1.98. The minimum atomic E-state index is 0.105. The highest BCUT2D eigenvalue weighted by atomic mass is 35.5. The molecule has 0 aliphatic rings. The van der Waals surface area contributed by atoms with Crippen LogP contribution in [0.4, 0.5) is 0 Å². The van der Waals surface area contributed by atoms with Crippen molar-refractivity contribution in [2.45, 2.75) is 19.3 Å². The van der Waals surface area contributed by atoms with Crippen molar-refractivity contribution >= 4 is 17.4 Å².